The number of hydrogen-bond donors (Lipinski definition) is 1. The Balaban J connectivity index is 1.75. The third kappa shape index (κ3) is 3.27. The van der Waals surface area contributed by atoms with E-state index in [1.807, 2.05) is 30.3 Å². The van der Waals surface area contributed by atoms with Crippen LogP contribution < -0.4 is 10.3 Å². The quantitative estimate of drug-likeness (QED) is 0.873. The van der Waals surface area contributed by atoms with Crippen LogP contribution >= 0.6 is 11.6 Å². The largest absolute Gasteiger partial charge is 0.301 e. The summed E-state index contributed by atoms with van der Waals surface area (Å²) < 4.78 is 0. The van der Waals surface area contributed by atoms with Gasteiger partial charge in [-0.1, -0.05) is 37.5 Å². The molecule has 0 unspecified atom stereocenters. The number of para-hydroxylation sites is 1. The van der Waals surface area contributed by atoms with Crippen LogP contribution in [0.3, 0.4) is 0 Å². The molecule has 1 aliphatic heterocycles. The van der Waals surface area contributed by atoms with Crippen LogP contribution in [0.1, 0.15) is 32.1 Å². The number of hydrazone groups is 1. The highest BCUT2D eigenvalue weighted by Gasteiger charge is 2.35. The number of nitrogens with zero attached hydrogens (tertiary/aromatic N) is 2. The Morgan fingerprint density at radius 3 is 2.57 bits per heavy atom. The molecule has 1 heterocycles. The van der Waals surface area contributed by atoms with Crippen molar-refractivity contribution >= 4 is 29.4 Å². The van der Waals surface area contributed by atoms with E-state index < -0.39 is 6.04 Å². The Hall–Kier alpha value is -1.39. The Kier molecular flexibility index (Phi) is 4.56. The van der Waals surface area contributed by atoms with Gasteiger partial charge in [-0.3, -0.25) is 4.79 Å². The SMILES string of the molecule is O=C1[C@@H](NC2CCCCC2)[C@H](Cl)C=NN1c1ccccc1. The summed E-state index contributed by atoms with van der Waals surface area (Å²) in [6, 6.07) is 9.46. The molecule has 2 aliphatic rings. The molecule has 0 radical (unpaired) electrons. The summed E-state index contributed by atoms with van der Waals surface area (Å²) in [6.45, 7) is 0. The van der Waals surface area contributed by atoms with E-state index in [-0.39, 0.29) is 11.3 Å². The molecule has 112 valence electrons. The van der Waals surface area contributed by atoms with Gasteiger partial charge in [0.1, 0.15) is 6.04 Å². The predicted molar refractivity (Wildman–Crippen MR) is 85.9 cm³/mol. The number of anilines is 1. The first-order valence-electron chi connectivity index (χ1n) is 7.59. The van der Waals surface area contributed by atoms with Crippen molar-refractivity contribution in [3.63, 3.8) is 0 Å². The first-order valence-corrected chi connectivity index (χ1v) is 8.02. The van der Waals surface area contributed by atoms with E-state index in [1.54, 1.807) is 6.21 Å². The second-order valence-corrected chi connectivity index (χ2v) is 6.18. The zero-order valence-electron chi connectivity index (χ0n) is 11.9. The number of carbonyl (C=O) groups excluding carboxylic acids is 1. The normalized spacial score (nSPS) is 27.1. The van der Waals surface area contributed by atoms with E-state index in [0.717, 1.165) is 18.5 Å². The van der Waals surface area contributed by atoms with Gasteiger partial charge in [-0.25, -0.2) is 0 Å². The van der Waals surface area contributed by atoms with Crippen LogP contribution in [0.4, 0.5) is 5.69 Å². The molecule has 0 aromatic heterocycles. The van der Waals surface area contributed by atoms with Gasteiger partial charge >= 0.3 is 0 Å². The molecule has 1 aliphatic carbocycles. The summed E-state index contributed by atoms with van der Waals surface area (Å²) in [5, 5.41) is 8.69. The fourth-order valence-electron chi connectivity index (χ4n) is 2.99. The first-order chi connectivity index (χ1) is 10.3. The number of nitrogens with one attached hydrogen (secondary N) is 1. The summed E-state index contributed by atoms with van der Waals surface area (Å²) in [5.74, 6) is -0.0747. The second kappa shape index (κ2) is 6.58. The molecule has 1 amide bonds. The highest BCUT2D eigenvalue weighted by Crippen LogP contribution is 2.23. The first kappa shape index (κ1) is 14.5. The van der Waals surface area contributed by atoms with Crippen LogP contribution in [-0.4, -0.2) is 29.6 Å². The van der Waals surface area contributed by atoms with Crippen molar-refractivity contribution < 1.29 is 4.79 Å². The van der Waals surface area contributed by atoms with Gasteiger partial charge < -0.3 is 5.32 Å². The van der Waals surface area contributed by atoms with Gasteiger partial charge in [-0.15, -0.1) is 11.6 Å². The monoisotopic (exact) mass is 305 g/mol. The standard InChI is InChI=1S/C16H20ClN3O/c17-14-11-18-20(13-9-5-2-6-10-13)16(21)15(14)19-12-7-3-1-4-8-12/h2,5-6,9-12,14-15,19H,1,3-4,7-8H2/t14-,15+/m1/s1. The third-order valence-electron chi connectivity index (χ3n) is 4.14. The van der Waals surface area contributed by atoms with Crippen LogP contribution in [0.5, 0.6) is 0 Å². The molecule has 1 N–H and O–H groups in total. The van der Waals surface area contributed by atoms with E-state index in [0.29, 0.717) is 6.04 Å². The van der Waals surface area contributed by atoms with Crippen molar-refractivity contribution in [2.24, 2.45) is 5.10 Å². The smallest absolute Gasteiger partial charge is 0.266 e. The molecule has 1 fully saturated rings. The van der Waals surface area contributed by atoms with Crippen molar-refractivity contribution in [2.45, 2.75) is 49.6 Å². The van der Waals surface area contributed by atoms with Crippen LogP contribution in [0.15, 0.2) is 35.4 Å². The average Bonchev–Trinajstić information content (AvgIpc) is 2.53. The fourth-order valence-corrected chi connectivity index (χ4v) is 3.22. The number of halogens is 1. The minimum Gasteiger partial charge on any atom is -0.301 e. The number of hydrogen-bond acceptors (Lipinski definition) is 3. The highest BCUT2D eigenvalue weighted by atomic mass is 35.5. The van der Waals surface area contributed by atoms with Gasteiger partial charge in [0.15, 0.2) is 0 Å². The lowest BCUT2D eigenvalue weighted by Gasteiger charge is -2.33. The molecule has 1 aromatic rings. The van der Waals surface area contributed by atoms with Crippen LogP contribution in [0.2, 0.25) is 0 Å². The number of rotatable bonds is 3. The lowest BCUT2D eigenvalue weighted by atomic mass is 9.94. The van der Waals surface area contributed by atoms with Gasteiger partial charge in [0, 0.05) is 12.3 Å². The summed E-state index contributed by atoms with van der Waals surface area (Å²) in [4.78, 5) is 12.7. The Labute approximate surface area is 130 Å². The molecule has 0 spiro atoms. The molecular formula is C16H20ClN3O. The fraction of sp³-hybridized carbons (Fsp3) is 0.500. The molecular weight excluding hydrogens is 286 g/mol. The van der Waals surface area contributed by atoms with Gasteiger partial charge in [0.05, 0.1) is 11.1 Å². The van der Waals surface area contributed by atoms with Crippen LogP contribution in [0, 0.1) is 0 Å². The minimum absolute atomic E-state index is 0.0747. The van der Waals surface area contributed by atoms with E-state index in [2.05, 4.69) is 10.4 Å². The molecule has 0 bridgehead atoms. The van der Waals surface area contributed by atoms with Crippen LogP contribution in [0.25, 0.3) is 0 Å². The zero-order chi connectivity index (χ0) is 14.7. The van der Waals surface area contributed by atoms with Gasteiger partial charge in [0.2, 0.25) is 0 Å². The number of carbonyl (C=O) groups is 1. The molecule has 4 nitrogen and oxygen atoms in total. The van der Waals surface area contributed by atoms with Crippen molar-refractivity contribution in [3.8, 4) is 0 Å². The topological polar surface area (TPSA) is 44.7 Å². The highest BCUT2D eigenvalue weighted by molar-refractivity contribution is 6.31. The zero-order valence-corrected chi connectivity index (χ0v) is 12.7. The van der Waals surface area contributed by atoms with E-state index >= 15 is 0 Å². The lowest BCUT2D eigenvalue weighted by Crippen LogP contribution is -2.56. The van der Waals surface area contributed by atoms with E-state index in [4.69, 9.17) is 11.6 Å². The average molecular weight is 306 g/mol. The maximum absolute atomic E-state index is 12.7. The lowest BCUT2D eigenvalue weighted by molar-refractivity contribution is -0.120. The molecule has 3 rings (SSSR count). The summed E-state index contributed by atoms with van der Waals surface area (Å²) in [6.07, 6.45) is 7.63. The Morgan fingerprint density at radius 1 is 1.14 bits per heavy atom. The summed E-state index contributed by atoms with van der Waals surface area (Å²) in [7, 11) is 0. The van der Waals surface area contributed by atoms with E-state index in [1.165, 1.54) is 24.3 Å². The maximum Gasteiger partial charge on any atom is 0.266 e. The van der Waals surface area contributed by atoms with E-state index in [9.17, 15) is 4.79 Å². The van der Waals surface area contributed by atoms with Gasteiger partial charge in [0.25, 0.3) is 5.91 Å². The predicted octanol–water partition coefficient (Wildman–Crippen LogP) is 2.92. The molecule has 0 saturated heterocycles. The second-order valence-electron chi connectivity index (χ2n) is 5.67. The number of amides is 1. The molecule has 1 aromatic carbocycles. The van der Waals surface area contributed by atoms with Crippen molar-refractivity contribution in [2.75, 3.05) is 5.01 Å². The third-order valence-corrected chi connectivity index (χ3v) is 4.50. The summed E-state index contributed by atoms with van der Waals surface area (Å²) >= 11 is 6.29. The van der Waals surface area contributed by atoms with Gasteiger partial charge in [-0.05, 0) is 25.0 Å². The van der Waals surface area contributed by atoms with Crippen LogP contribution in [-0.2, 0) is 4.79 Å². The Bertz CT molecular complexity index is 514. The van der Waals surface area contributed by atoms with Crippen molar-refractivity contribution in [1.29, 1.82) is 0 Å². The maximum atomic E-state index is 12.7. The number of benzene rings is 1. The molecule has 1 saturated carbocycles. The number of alkyl halides is 1. The minimum atomic E-state index is -0.396. The van der Waals surface area contributed by atoms with Gasteiger partial charge in [-0.2, -0.15) is 10.1 Å². The summed E-state index contributed by atoms with van der Waals surface area (Å²) in [5.41, 5.74) is 0.776. The van der Waals surface area contributed by atoms with Crippen molar-refractivity contribution in [3.05, 3.63) is 30.3 Å². The van der Waals surface area contributed by atoms with Crippen molar-refractivity contribution in [1.82, 2.24) is 5.32 Å². The molecule has 5 heteroatoms. The Morgan fingerprint density at radius 2 is 1.86 bits per heavy atom. The molecule has 21 heavy (non-hydrogen) atoms. The molecule has 2 atom stereocenters.